The molecular formula is C22H18N6O2S2. The van der Waals surface area contributed by atoms with Crippen LogP contribution in [0.15, 0.2) is 64.4 Å². The number of benzene rings is 2. The van der Waals surface area contributed by atoms with Gasteiger partial charge in [-0.05, 0) is 18.6 Å². The number of nitrogens with one attached hydrogen (secondary N) is 2. The number of hydrogen-bond acceptors (Lipinski definition) is 8. The molecule has 3 heterocycles. The van der Waals surface area contributed by atoms with Gasteiger partial charge in [-0.15, -0.1) is 20.4 Å². The van der Waals surface area contributed by atoms with Gasteiger partial charge in [0, 0.05) is 23.6 Å². The van der Waals surface area contributed by atoms with Crippen LogP contribution in [0, 0.1) is 6.92 Å². The van der Waals surface area contributed by atoms with Gasteiger partial charge in [0.15, 0.2) is 0 Å². The molecule has 3 aromatic heterocycles. The molecule has 0 unspecified atom stereocenters. The molecule has 0 aliphatic heterocycles. The van der Waals surface area contributed by atoms with Gasteiger partial charge < -0.3 is 14.7 Å². The minimum atomic E-state index is -0.237. The second-order valence-electron chi connectivity index (χ2n) is 7.08. The summed E-state index contributed by atoms with van der Waals surface area (Å²) in [6.45, 7) is 2.47. The Morgan fingerprint density at radius 1 is 1.09 bits per heavy atom. The number of aryl methyl sites for hydroxylation is 1. The summed E-state index contributed by atoms with van der Waals surface area (Å²) in [5, 5.41) is 21.8. The Bertz CT molecular complexity index is 1370. The van der Waals surface area contributed by atoms with E-state index in [9.17, 15) is 4.79 Å². The van der Waals surface area contributed by atoms with Crippen LogP contribution in [-0.2, 0) is 12.3 Å². The van der Waals surface area contributed by atoms with Crippen LogP contribution >= 0.6 is 23.1 Å². The van der Waals surface area contributed by atoms with E-state index in [4.69, 9.17) is 4.42 Å². The zero-order chi connectivity index (χ0) is 21.9. The number of carbonyl (C=O) groups is 1. The molecule has 0 saturated carbocycles. The maximum Gasteiger partial charge on any atom is 0.282 e. The van der Waals surface area contributed by atoms with Crippen molar-refractivity contribution >= 4 is 39.9 Å². The van der Waals surface area contributed by atoms with E-state index in [0.29, 0.717) is 33.4 Å². The summed E-state index contributed by atoms with van der Waals surface area (Å²) < 4.78 is 5.81. The molecule has 5 aromatic rings. The Kier molecular flexibility index (Phi) is 5.70. The largest absolute Gasteiger partial charge is 0.411 e. The van der Waals surface area contributed by atoms with E-state index in [2.05, 4.69) is 30.7 Å². The Labute approximate surface area is 191 Å². The molecule has 0 bridgehead atoms. The van der Waals surface area contributed by atoms with Crippen LogP contribution in [0.1, 0.15) is 25.9 Å². The van der Waals surface area contributed by atoms with Crippen LogP contribution in [0.4, 0.5) is 0 Å². The van der Waals surface area contributed by atoms with Gasteiger partial charge in [0.25, 0.3) is 17.0 Å². The van der Waals surface area contributed by atoms with Crippen LogP contribution in [0.3, 0.4) is 0 Å². The summed E-state index contributed by atoms with van der Waals surface area (Å²) in [6, 6.07) is 16.0. The Balaban J connectivity index is 1.18. The van der Waals surface area contributed by atoms with Crippen molar-refractivity contribution in [3.63, 3.8) is 0 Å². The molecule has 0 radical (unpaired) electrons. The number of hydrogen-bond donors (Lipinski definition) is 2. The Hall–Kier alpha value is -3.50. The Morgan fingerprint density at radius 3 is 2.81 bits per heavy atom. The van der Waals surface area contributed by atoms with Crippen LogP contribution in [0.5, 0.6) is 0 Å². The molecule has 8 nitrogen and oxygen atoms in total. The highest BCUT2D eigenvalue weighted by Crippen LogP contribution is 2.30. The number of fused-ring (bicyclic) bond motifs is 1. The average Bonchev–Trinajstić information content (AvgIpc) is 3.56. The quantitative estimate of drug-likeness (QED) is 0.340. The summed E-state index contributed by atoms with van der Waals surface area (Å²) in [5.41, 5.74) is 4.09. The number of amides is 1. The van der Waals surface area contributed by atoms with Crippen molar-refractivity contribution in [2.45, 2.75) is 24.4 Å². The molecule has 2 aromatic carbocycles. The smallest absolute Gasteiger partial charge is 0.282 e. The molecule has 0 aliphatic rings. The summed E-state index contributed by atoms with van der Waals surface area (Å²) >= 11 is 2.61. The lowest BCUT2D eigenvalue weighted by Gasteiger charge is -2.03. The van der Waals surface area contributed by atoms with Gasteiger partial charge in [-0.1, -0.05) is 71.1 Å². The first-order valence-corrected chi connectivity index (χ1v) is 11.6. The van der Waals surface area contributed by atoms with Crippen LogP contribution < -0.4 is 5.32 Å². The van der Waals surface area contributed by atoms with E-state index in [0.717, 1.165) is 22.0 Å². The molecule has 2 N–H and O–H groups in total. The van der Waals surface area contributed by atoms with E-state index in [-0.39, 0.29) is 5.91 Å². The van der Waals surface area contributed by atoms with Gasteiger partial charge in [-0.2, -0.15) is 0 Å². The SMILES string of the molecule is Cc1ccc(CNC(=O)c2nnc(CSc3nnc(-c4c[nH]c5ccccc45)o3)s2)cc1. The number of aromatic amines is 1. The minimum Gasteiger partial charge on any atom is -0.411 e. The van der Waals surface area contributed by atoms with Crippen molar-refractivity contribution in [1.29, 1.82) is 0 Å². The fourth-order valence-corrected chi connectivity index (χ4v) is 4.62. The minimum absolute atomic E-state index is 0.237. The number of nitrogens with zero attached hydrogens (tertiary/aromatic N) is 4. The number of para-hydroxylation sites is 1. The molecule has 0 saturated heterocycles. The number of H-pyrrole nitrogens is 1. The van der Waals surface area contributed by atoms with Gasteiger partial charge in [0.05, 0.1) is 11.3 Å². The van der Waals surface area contributed by atoms with Gasteiger partial charge in [-0.3, -0.25) is 4.79 Å². The van der Waals surface area contributed by atoms with E-state index >= 15 is 0 Å². The van der Waals surface area contributed by atoms with E-state index in [1.54, 1.807) is 0 Å². The van der Waals surface area contributed by atoms with Crippen molar-refractivity contribution in [1.82, 2.24) is 30.7 Å². The van der Waals surface area contributed by atoms with Crippen LogP contribution in [-0.4, -0.2) is 31.3 Å². The zero-order valence-electron chi connectivity index (χ0n) is 17.0. The fourth-order valence-electron chi connectivity index (χ4n) is 3.12. The van der Waals surface area contributed by atoms with Gasteiger partial charge in [-0.25, -0.2) is 0 Å². The van der Waals surface area contributed by atoms with Crippen molar-refractivity contribution in [2.24, 2.45) is 0 Å². The second-order valence-corrected chi connectivity index (χ2v) is 9.07. The molecule has 160 valence electrons. The lowest BCUT2D eigenvalue weighted by Crippen LogP contribution is -2.22. The molecule has 10 heteroatoms. The van der Waals surface area contributed by atoms with E-state index in [1.807, 2.05) is 61.7 Å². The maximum atomic E-state index is 12.4. The molecule has 0 spiro atoms. The standard InChI is InChI=1S/C22H18N6O2S2/c1-13-6-8-14(9-7-13)10-24-19(29)21-27-25-18(32-21)12-31-22-28-26-20(30-22)16-11-23-17-5-3-2-4-15(16)17/h2-9,11,23H,10,12H2,1H3,(H,24,29). The topological polar surface area (TPSA) is 110 Å². The summed E-state index contributed by atoms with van der Waals surface area (Å²) in [4.78, 5) is 15.6. The monoisotopic (exact) mass is 462 g/mol. The second kappa shape index (κ2) is 8.93. The molecule has 32 heavy (non-hydrogen) atoms. The normalized spacial score (nSPS) is 11.2. The van der Waals surface area contributed by atoms with Gasteiger partial charge in [0.2, 0.25) is 5.01 Å². The summed E-state index contributed by atoms with van der Waals surface area (Å²) in [7, 11) is 0. The first-order valence-electron chi connectivity index (χ1n) is 9.84. The van der Waals surface area contributed by atoms with Crippen LogP contribution in [0.25, 0.3) is 22.4 Å². The fraction of sp³-hybridized carbons (Fsp3) is 0.136. The average molecular weight is 463 g/mol. The van der Waals surface area contributed by atoms with Crippen molar-refractivity contribution in [3.05, 3.63) is 75.9 Å². The predicted octanol–water partition coefficient (Wildman–Crippen LogP) is 4.60. The number of rotatable bonds is 7. The lowest BCUT2D eigenvalue weighted by molar-refractivity contribution is 0.0950. The number of carbonyl (C=O) groups excluding carboxylic acids is 1. The summed E-state index contributed by atoms with van der Waals surface area (Å²) in [6.07, 6.45) is 1.86. The molecule has 0 atom stereocenters. The number of aromatic nitrogens is 5. The number of thioether (sulfide) groups is 1. The lowest BCUT2D eigenvalue weighted by atomic mass is 10.1. The van der Waals surface area contributed by atoms with Crippen molar-refractivity contribution in [3.8, 4) is 11.5 Å². The van der Waals surface area contributed by atoms with Gasteiger partial charge >= 0.3 is 0 Å². The maximum absolute atomic E-state index is 12.4. The molecular weight excluding hydrogens is 444 g/mol. The first kappa shape index (κ1) is 20.4. The highest BCUT2D eigenvalue weighted by atomic mass is 32.2. The van der Waals surface area contributed by atoms with E-state index < -0.39 is 0 Å². The van der Waals surface area contributed by atoms with E-state index in [1.165, 1.54) is 28.7 Å². The van der Waals surface area contributed by atoms with Crippen LogP contribution in [0.2, 0.25) is 0 Å². The highest BCUT2D eigenvalue weighted by Gasteiger charge is 2.16. The van der Waals surface area contributed by atoms with Crippen molar-refractivity contribution in [2.75, 3.05) is 0 Å². The summed E-state index contributed by atoms with van der Waals surface area (Å²) in [5.74, 6) is 0.704. The molecule has 5 rings (SSSR count). The molecule has 0 fully saturated rings. The van der Waals surface area contributed by atoms with Gasteiger partial charge in [0.1, 0.15) is 5.01 Å². The predicted molar refractivity (Wildman–Crippen MR) is 123 cm³/mol. The third kappa shape index (κ3) is 4.41. The molecule has 1 amide bonds. The third-order valence-corrected chi connectivity index (χ3v) is 6.71. The third-order valence-electron chi connectivity index (χ3n) is 4.78. The Morgan fingerprint density at radius 2 is 1.94 bits per heavy atom. The zero-order valence-corrected chi connectivity index (χ0v) is 18.7. The first-order chi connectivity index (χ1) is 15.7. The van der Waals surface area contributed by atoms with Crippen molar-refractivity contribution < 1.29 is 9.21 Å². The molecule has 0 aliphatic carbocycles. The highest BCUT2D eigenvalue weighted by molar-refractivity contribution is 7.98.